The van der Waals surface area contributed by atoms with Gasteiger partial charge in [0, 0.05) is 38.1 Å². The highest BCUT2D eigenvalue weighted by atomic mass is 19.4. The number of rotatable bonds is 4. The van der Waals surface area contributed by atoms with Gasteiger partial charge in [0.15, 0.2) is 0 Å². The Morgan fingerprint density at radius 2 is 1.58 bits per heavy atom. The lowest BCUT2D eigenvalue weighted by Crippen LogP contribution is -2.51. The molecule has 0 N–H and O–H groups in total. The number of nitrogens with zero attached hydrogens (tertiary/aromatic N) is 2. The number of benzene rings is 1. The third-order valence-corrected chi connectivity index (χ3v) is 4.81. The number of halogens is 3. The second kappa shape index (κ2) is 7.13. The Morgan fingerprint density at radius 1 is 1.04 bits per heavy atom. The molecule has 0 bridgehead atoms. The Hall–Kier alpha value is -1.56. The third kappa shape index (κ3) is 4.50. The lowest BCUT2D eigenvalue weighted by Gasteiger charge is -2.38. The van der Waals surface area contributed by atoms with Crippen LogP contribution < -0.4 is 0 Å². The highest BCUT2D eigenvalue weighted by Gasteiger charge is 2.32. The van der Waals surface area contributed by atoms with Crippen LogP contribution in [0.15, 0.2) is 24.3 Å². The predicted molar refractivity (Wildman–Crippen MR) is 87.4 cm³/mol. The first-order valence-corrected chi connectivity index (χ1v) is 8.31. The van der Waals surface area contributed by atoms with Crippen LogP contribution in [0.25, 0.3) is 0 Å². The van der Waals surface area contributed by atoms with Crippen LogP contribution in [-0.4, -0.2) is 41.9 Å². The van der Waals surface area contributed by atoms with Crippen LogP contribution >= 0.6 is 0 Å². The van der Waals surface area contributed by atoms with E-state index in [-0.39, 0.29) is 11.3 Å². The van der Waals surface area contributed by atoms with Gasteiger partial charge in [-0.05, 0) is 24.1 Å². The molecule has 1 heterocycles. The first-order valence-electron chi connectivity index (χ1n) is 8.31. The van der Waals surface area contributed by atoms with Gasteiger partial charge in [-0.1, -0.05) is 32.9 Å². The van der Waals surface area contributed by atoms with Crippen LogP contribution in [0.1, 0.15) is 38.3 Å². The molecule has 1 aromatic rings. The minimum Gasteiger partial charge on any atom is -0.340 e. The lowest BCUT2D eigenvalue weighted by atomic mass is 9.88. The molecule has 1 amide bonds. The van der Waals surface area contributed by atoms with Crippen LogP contribution in [-0.2, 0) is 17.5 Å². The Morgan fingerprint density at radius 3 is 2.04 bits per heavy atom. The number of carbonyl (C=O) groups excluding carboxylic acids is 1. The van der Waals surface area contributed by atoms with Gasteiger partial charge in [-0.25, -0.2) is 0 Å². The van der Waals surface area contributed by atoms with Gasteiger partial charge in [0.2, 0.25) is 5.91 Å². The molecule has 1 saturated heterocycles. The van der Waals surface area contributed by atoms with Crippen molar-refractivity contribution in [1.29, 1.82) is 0 Å². The average molecular weight is 342 g/mol. The van der Waals surface area contributed by atoms with Crippen molar-refractivity contribution in [3.05, 3.63) is 35.4 Å². The Balaban J connectivity index is 1.88. The molecule has 0 saturated carbocycles. The SMILES string of the molecule is CCC(C)(C)C(=O)N1CCN(Cc2ccc(C(F)(F)F)cc2)CC1. The third-order valence-electron chi connectivity index (χ3n) is 4.81. The summed E-state index contributed by atoms with van der Waals surface area (Å²) in [5.74, 6) is 0.180. The van der Waals surface area contributed by atoms with Crippen LogP contribution in [0.2, 0.25) is 0 Å². The van der Waals surface area contributed by atoms with E-state index in [0.717, 1.165) is 37.2 Å². The summed E-state index contributed by atoms with van der Waals surface area (Å²) in [5.41, 5.74) is -0.101. The van der Waals surface area contributed by atoms with E-state index in [0.29, 0.717) is 19.6 Å². The van der Waals surface area contributed by atoms with Crippen molar-refractivity contribution in [3.63, 3.8) is 0 Å². The zero-order chi connectivity index (χ0) is 18.0. The van der Waals surface area contributed by atoms with Gasteiger partial charge >= 0.3 is 6.18 Å². The lowest BCUT2D eigenvalue weighted by molar-refractivity contribution is -0.142. The van der Waals surface area contributed by atoms with Crippen LogP contribution in [0.3, 0.4) is 0 Å². The van der Waals surface area contributed by atoms with Crippen molar-refractivity contribution in [2.24, 2.45) is 5.41 Å². The van der Waals surface area contributed by atoms with Crippen molar-refractivity contribution >= 4 is 5.91 Å². The maximum absolute atomic E-state index is 12.6. The van der Waals surface area contributed by atoms with Gasteiger partial charge in [-0.3, -0.25) is 9.69 Å². The molecule has 134 valence electrons. The highest BCUT2D eigenvalue weighted by molar-refractivity contribution is 5.82. The van der Waals surface area contributed by atoms with E-state index in [1.165, 1.54) is 12.1 Å². The summed E-state index contributed by atoms with van der Waals surface area (Å²) in [6.45, 7) is 9.37. The molecule has 24 heavy (non-hydrogen) atoms. The molecule has 0 radical (unpaired) electrons. The highest BCUT2D eigenvalue weighted by Crippen LogP contribution is 2.29. The zero-order valence-corrected chi connectivity index (χ0v) is 14.5. The second-order valence-corrected chi connectivity index (χ2v) is 7.00. The van der Waals surface area contributed by atoms with E-state index in [1.54, 1.807) is 0 Å². The van der Waals surface area contributed by atoms with Crippen LogP contribution in [0.4, 0.5) is 13.2 Å². The minimum atomic E-state index is -4.30. The van der Waals surface area contributed by atoms with Gasteiger partial charge in [-0.15, -0.1) is 0 Å². The molecule has 0 unspecified atom stereocenters. The van der Waals surface area contributed by atoms with Gasteiger partial charge in [0.1, 0.15) is 0 Å². The molecule has 0 aliphatic carbocycles. The summed E-state index contributed by atoms with van der Waals surface area (Å²) < 4.78 is 37.7. The standard InChI is InChI=1S/C18H25F3N2O/c1-4-17(2,3)16(24)23-11-9-22(10-12-23)13-14-5-7-15(8-6-14)18(19,20)21/h5-8H,4,9-13H2,1-3H3. The molecular weight excluding hydrogens is 317 g/mol. The Bertz CT molecular complexity index is 559. The second-order valence-electron chi connectivity index (χ2n) is 7.00. The fourth-order valence-corrected chi connectivity index (χ4v) is 2.75. The molecule has 1 aromatic carbocycles. The molecule has 0 spiro atoms. The fourth-order valence-electron chi connectivity index (χ4n) is 2.75. The van der Waals surface area contributed by atoms with Gasteiger partial charge in [0.05, 0.1) is 5.56 Å². The Labute approximate surface area is 141 Å². The van der Waals surface area contributed by atoms with Crippen molar-refractivity contribution in [2.75, 3.05) is 26.2 Å². The smallest absolute Gasteiger partial charge is 0.340 e. The molecular formula is C18H25F3N2O. The zero-order valence-electron chi connectivity index (χ0n) is 14.5. The number of carbonyl (C=O) groups is 1. The van der Waals surface area contributed by atoms with Crippen molar-refractivity contribution in [3.8, 4) is 0 Å². The molecule has 0 atom stereocenters. The summed E-state index contributed by atoms with van der Waals surface area (Å²) in [7, 11) is 0. The molecule has 6 heteroatoms. The Kier molecular flexibility index (Phi) is 5.58. The molecule has 1 aliphatic rings. The van der Waals surface area contributed by atoms with Crippen LogP contribution in [0, 0.1) is 5.41 Å². The van der Waals surface area contributed by atoms with Gasteiger partial charge in [-0.2, -0.15) is 13.2 Å². The largest absolute Gasteiger partial charge is 0.416 e. The van der Waals surface area contributed by atoms with E-state index in [2.05, 4.69) is 4.90 Å². The monoisotopic (exact) mass is 342 g/mol. The predicted octanol–water partition coefficient (Wildman–Crippen LogP) is 3.79. The number of alkyl halides is 3. The van der Waals surface area contributed by atoms with Gasteiger partial charge < -0.3 is 4.90 Å². The maximum Gasteiger partial charge on any atom is 0.416 e. The maximum atomic E-state index is 12.6. The summed E-state index contributed by atoms with van der Waals surface area (Å²) >= 11 is 0. The number of amides is 1. The van der Waals surface area contributed by atoms with Gasteiger partial charge in [0.25, 0.3) is 0 Å². The number of piperazine rings is 1. The van der Waals surface area contributed by atoms with E-state index in [1.807, 2.05) is 25.7 Å². The molecule has 2 rings (SSSR count). The van der Waals surface area contributed by atoms with E-state index in [4.69, 9.17) is 0 Å². The van der Waals surface area contributed by atoms with E-state index in [9.17, 15) is 18.0 Å². The normalized spacial score (nSPS) is 17.2. The van der Waals surface area contributed by atoms with Crippen molar-refractivity contribution in [2.45, 2.75) is 39.9 Å². The number of hydrogen-bond acceptors (Lipinski definition) is 2. The van der Waals surface area contributed by atoms with Crippen LogP contribution in [0.5, 0.6) is 0 Å². The summed E-state index contributed by atoms with van der Waals surface area (Å²) in [6, 6.07) is 5.30. The first-order chi connectivity index (χ1) is 11.1. The number of hydrogen-bond donors (Lipinski definition) is 0. The first kappa shape index (κ1) is 18.8. The summed E-state index contributed by atoms with van der Waals surface area (Å²) in [5, 5.41) is 0. The van der Waals surface area contributed by atoms with Crippen molar-refractivity contribution in [1.82, 2.24) is 9.80 Å². The quantitative estimate of drug-likeness (QED) is 0.831. The van der Waals surface area contributed by atoms with E-state index < -0.39 is 11.7 Å². The molecule has 1 fully saturated rings. The molecule has 3 nitrogen and oxygen atoms in total. The minimum absolute atomic E-state index is 0.180. The average Bonchev–Trinajstić information content (AvgIpc) is 2.54. The summed E-state index contributed by atoms with van der Waals surface area (Å²) in [4.78, 5) is 16.5. The molecule has 0 aromatic heterocycles. The summed E-state index contributed by atoms with van der Waals surface area (Å²) in [6.07, 6.45) is -3.49. The topological polar surface area (TPSA) is 23.6 Å². The van der Waals surface area contributed by atoms with E-state index >= 15 is 0 Å². The molecule has 1 aliphatic heterocycles. The van der Waals surface area contributed by atoms with Crippen molar-refractivity contribution < 1.29 is 18.0 Å². The fraction of sp³-hybridized carbons (Fsp3) is 0.611.